The molecule has 1 amide bonds. The van der Waals surface area contributed by atoms with Crippen molar-refractivity contribution in [2.75, 3.05) is 7.05 Å². The highest BCUT2D eigenvalue weighted by Gasteiger charge is 2.48. The van der Waals surface area contributed by atoms with Crippen molar-refractivity contribution >= 4 is 11.7 Å². The molecule has 0 radical (unpaired) electrons. The summed E-state index contributed by atoms with van der Waals surface area (Å²) in [4.78, 5) is 28.3. The standard InChI is InChI=1S/C33H49NO2/c1-24(2)30-15-13-27(14-16-30)20-31(35)21-28-11-8-12-29(19-28)23-33(22-25(3)34(4)32(33)36)18-17-26-9-6-5-7-10-26/h13-16,24,26,28-29H,3,5-12,17-23H2,1-2,4H3/t28-,29+,33-/m1/s1. The van der Waals surface area contributed by atoms with Gasteiger partial charge in [0, 0.05) is 32.0 Å². The van der Waals surface area contributed by atoms with Gasteiger partial charge in [0.1, 0.15) is 5.78 Å². The molecule has 1 saturated heterocycles. The van der Waals surface area contributed by atoms with Gasteiger partial charge >= 0.3 is 0 Å². The third-order valence-corrected chi connectivity index (χ3v) is 9.67. The van der Waals surface area contributed by atoms with E-state index in [0.717, 1.165) is 49.3 Å². The first kappa shape index (κ1) is 27.1. The molecular formula is C33H49NO2. The van der Waals surface area contributed by atoms with E-state index in [1.54, 1.807) is 0 Å². The lowest BCUT2D eigenvalue weighted by atomic mass is 9.67. The minimum Gasteiger partial charge on any atom is -0.319 e. The van der Waals surface area contributed by atoms with E-state index in [4.69, 9.17) is 0 Å². The third kappa shape index (κ3) is 6.69. The first-order chi connectivity index (χ1) is 17.3. The van der Waals surface area contributed by atoms with Crippen LogP contribution in [0.4, 0.5) is 0 Å². The molecule has 36 heavy (non-hydrogen) atoms. The van der Waals surface area contributed by atoms with Crippen molar-refractivity contribution < 1.29 is 9.59 Å². The van der Waals surface area contributed by atoms with Crippen molar-refractivity contribution in [1.29, 1.82) is 0 Å². The maximum absolute atomic E-state index is 13.5. The van der Waals surface area contributed by atoms with Crippen LogP contribution in [0.2, 0.25) is 0 Å². The molecule has 3 heteroatoms. The van der Waals surface area contributed by atoms with Crippen LogP contribution in [0, 0.1) is 23.2 Å². The SMILES string of the molecule is C=C1C[C@](CCC2CCCCC2)(C[C@H]2CCC[C@@H](CC(=O)Cc3ccc(C(C)C)cc3)C2)C(=O)N1C. The second-order valence-electron chi connectivity index (χ2n) is 12.8. The number of Topliss-reactive ketones (excluding diaryl/α,β-unsaturated/α-hetero) is 1. The zero-order valence-electron chi connectivity index (χ0n) is 23.2. The van der Waals surface area contributed by atoms with E-state index in [9.17, 15) is 9.59 Å². The number of amides is 1. The Balaban J connectivity index is 1.34. The molecule has 1 aromatic rings. The second-order valence-corrected chi connectivity index (χ2v) is 12.8. The van der Waals surface area contributed by atoms with Crippen LogP contribution in [-0.4, -0.2) is 23.6 Å². The number of ketones is 1. The highest BCUT2D eigenvalue weighted by molar-refractivity contribution is 5.87. The summed E-state index contributed by atoms with van der Waals surface area (Å²) < 4.78 is 0. The van der Waals surface area contributed by atoms with Crippen molar-refractivity contribution in [3.8, 4) is 0 Å². The van der Waals surface area contributed by atoms with Crippen LogP contribution >= 0.6 is 0 Å². The van der Waals surface area contributed by atoms with E-state index in [2.05, 4.69) is 44.7 Å². The van der Waals surface area contributed by atoms with E-state index in [0.29, 0.717) is 42.3 Å². The smallest absolute Gasteiger partial charge is 0.233 e. The van der Waals surface area contributed by atoms with Crippen LogP contribution in [0.25, 0.3) is 0 Å². The van der Waals surface area contributed by atoms with Gasteiger partial charge in [0.25, 0.3) is 0 Å². The van der Waals surface area contributed by atoms with Crippen LogP contribution < -0.4 is 0 Å². The summed E-state index contributed by atoms with van der Waals surface area (Å²) in [6.07, 6.45) is 16.7. The van der Waals surface area contributed by atoms with Gasteiger partial charge < -0.3 is 4.90 Å². The number of rotatable bonds is 10. The molecular weight excluding hydrogens is 442 g/mol. The number of likely N-dealkylation sites (tertiary alicyclic amines) is 1. The highest BCUT2D eigenvalue weighted by Crippen LogP contribution is 2.49. The second kappa shape index (κ2) is 12.1. The number of hydrogen-bond acceptors (Lipinski definition) is 2. The van der Waals surface area contributed by atoms with Gasteiger partial charge in [0.2, 0.25) is 5.91 Å². The van der Waals surface area contributed by atoms with Gasteiger partial charge in [-0.1, -0.05) is 96.1 Å². The van der Waals surface area contributed by atoms with Crippen LogP contribution in [0.15, 0.2) is 36.5 Å². The molecule has 2 saturated carbocycles. The van der Waals surface area contributed by atoms with Crippen LogP contribution in [0.1, 0.15) is 121 Å². The Labute approximate surface area is 220 Å². The fourth-order valence-electron chi connectivity index (χ4n) is 7.47. The third-order valence-electron chi connectivity index (χ3n) is 9.67. The van der Waals surface area contributed by atoms with Crippen LogP contribution in [0.3, 0.4) is 0 Å². The topological polar surface area (TPSA) is 37.4 Å². The number of carbonyl (C=O) groups excluding carboxylic acids is 2. The minimum atomic E-state index is -0.252. The van der Waals surface area contributed by atoms with Crippen molar-refractivity contribution in [2.45, 2.75) is 116 Å². The fraction of sp³-hybridized carbons (Fsp3) is 0.697. The first-order valence-corrected chi connectivity index (χ1v) is 14.8. The molecule has 1 aliphatic heterocycles. The molecule has 4 rings (SSSR count). The average molecular weight is 492 g/mol. The predicted molar refractivity (Wildman–Crippen MR) is 149 cm³/mol. The summed E-state index contributed by atoms with van der Waals surface area (Å²) in [6.45, 7) is 8.64. The fourth-order valence-corrected chi connectivity index (χ4v) is 7.47. The minimum absolute atomic E-state index is 0.252. The summed E-state index contributed by atoms with van der Waals surface area (Å²) in [5, 5.41) is 0. The van der Waals surface area contributed by atoms with Gasteiger partial charge in [-0.15, -0.1) is 0 Å². The Morgan fingerprint density at radius 1 is 1.00 bits per heavy atom. The summed E-state index contributed by atoms with van der Waals surface area (Å²) in [5.41, 5.74) is 3.21. The van der Waals surface area contributed by atoms with E-state index < -0.39 is 0 Å². The van der Waals surface area contributed by atoms with E-state index >= 15 is 0 Å². The number of carbonyl (C=O) groups is 2. The predicted octanol–water partition coefficient (Wildman–Crippen LogP) is 8.23. The molecule has 0 spiro atoms. The molecule has 3 fully saturated rings. The van der Waals surface area contributed by atoms with Gasteiger partial charge in [-0.2, -0.15) is 0 Å². The maximum Gasteiger partial charge on any atom is 0.233 e. The lowest BCUT2D eigenvalue weighted by molar-refractivity contribution is -0.136. The Morgan fingerprint density at radius 2 is 1.67 bits per heavy atom. The zero-order chi connectivity index (χ0) is 25.7. The Morgan fingerprint density at radius 3 is 2.31 bits per heavy atom. The summed E-state index contributed by atoms with van der Waals surface area (Å²) in [6, 6.07) is 8.59. The molecule has 1 aromatic carbocycles. The van der Waals surface area contributed by atoms with Gasteiger partial charge in [0.15, 0.2) is 0 Å². The Hall–Kier alpha value is -1.90. The molecule has 1 heterocycles. The number of allylic oxidation sites excluding steroid dienone is 1. The molecule has 3 atom stereocenters. The van der Waals surface area contributed by atoms with Crippen molar-refractivity contribution in [1.82, 2.24) is 4.90 Å². The van der Waals surface area contributed by atoms with E-state index in [1.807, 2.05) is 11.9 Å². The first-order valence-electron chi connectivity index (χ1n) is 14.8. The lowest BCUT2D eigenvalue weighted by Crippen LogP contribution is -2.36. The average Bonchev–Trinajstić information content (AvgIpc) is 3.07. The lowest BCUT2D eigenvalue weighted by Gasteiger charge is -2.36. The molecule has 2 aliphatic carbocycles. The van der Waals surface area contributed by atoms with Gasteiger partial charge in [-0.05, 0) is 60.5 Å². The summed E-state index contributed by atoms with van der Waals surface area (Å²) in [7, 11) is 1.92. The maximum atomic E-state index is 13.5. The number of benzene rings is 1. The summed E-state index contributed by atoms with van der Waals surface area (Å²) in [5.74, 6) is 3.02. The van der Waals surface area contributed by atoms with Crippen LogP contribution in [-0.2, 0) is 16.0 Å². The molecule has 0 unspecified atom stereocenters. The largest absolute Gasteiger partial charge is 0.319 e. The zero-order valence-corrected chi connectivity index (χ0v) is 23.2. The molecule has 0 N–H and O–H groups in total. The summed E-state index contributed by atoms with van der Waals surface area (Å²) >= 11 is 0. The number of nitrogens with zero attached hydrogens (tertiary/aromatic N) is 1. The van der Waals surface area contributed by atoms with Crippen LogP contribution in [0.5, 0.6) is 0 Å². The van der Waals surface area contributed by atoms with Gasteiger partial charge in [0.05, 0.1) is 5.41 Å². The van der Waals surface area contributed by atoms with Gasteiger partial charge in [-0.3, -0.25) is 9.59 Å². The van der Waals surface area contributed by atoms with Crippen molar-refractivity contribution in [2.24, 2.45) is 23.2 Å². The quantitative estimate of drug-likeness (QED) is 0.330. The van der Waals surface area contributed by atoms with Gasteiger partial charge in [-0.25, -0.2) is 0 Å². The monoisotopic (exact) mass is 491 g/mol. The molecule has 3 aliphatic rings. The molecule has 3 nitrogen and oxygen atoms in total. The van der Waals surface area contributed by atoms with Crippen molar-refractivity contribution in [3.05, 3.63) is 47.7 Å². The normalized spacial score (nSPS) is 27.7. The van der Waals surface area contributed by atoms with E-state index in [-0.39, 0.29) is 5.41 Å². The number of hydrogen-bond donors (Lipinski definition) is 0. The molecule has 0 bridgehead atoms. The highest BCUT2D eigenvalue weighted by atomic mass is 16.2. The molecule has 198 valence electrons. The Bertz CT molecular complexity index is 910. The van der Waals surface area contributed by atoms with Crippen molar-refractivity contribution in [3.63, 3.8) is 0 Å². The molecule has 0 aromatic heterocycles. The Kier molecular flexibility index (Phi) is 9.12. The van der Waals surface area contributed by atoms with E-state index in [1.165, 1.54) is 56.9 Å².